The maximum Gasteiger partial charge on any atom is 0.347 e. The van der Waals surface area contributed by atoms with Crippen LogP contribution in [0.4, 0.5) is 0 Å². The van der Waals surface area contributed by atoms with E-state index in [-0.39, 0.29) is 17.1 Å². The van der Waals surface area contributed by atoms with Crippen molar-refractivity contribution in [2.45, 2.75) is 0 Å². The first-order valence-electron chi connectivity index (χ1n) is 8.32. The Morgan fingerprint density at radius 2 is 1.31 bits per heavy atom. The molecule has 3 aromatic rings. The number of hydrogen-bond acceptors (Lipinski definition) is 8. The monoisotopic (exact) mass is 496 g/mol. The molecule has 0 saturated carbocycles. The molecule has 0 unspecified atom stereocenters. The SMILES string of the molecule is O=C(Oc1ccc(P2(=S)SP(=S)(c3ccc(O)cc3)S2)cc1)c1ccccc1O. The highest BCUT2D eigenvalue weighted by Crippen LogP contribution is 3.04. The van der Waals surface area contributed by atoms with E-state index in [0.717, 1.165) is 10.6 Å². The molecule has 4 rings (SSSR count). The Labute approximate surface area is 185 Å². The standard InChI is InChI=1S/C19H14O4P2S4/c20-13-5-9-15(10-6-13)24(26)28-25(27,29-24)16-11-7-14(8-12-16)23-19(22)17-3-1-2-4-18(17)21/h1-12,20-21H. The van der Waals surface area contributed by atoms with Crippen LogP contribution in [-0.4, -0.2) is 16.2 Å². The van der Waals surface area contributed by atoms with Crippen LogP contribution < -0.4 is 15.3 Å². The Bertz CT molecular complexity index is 1170. The quantitative estimate of drug-likeness (QED) is 0.284. The van der Waals surface area contributed by atoms with Crippen molar-refractivity contribution in [3.05, 3.63) is 78.4 Å². The predicted molar refractivity (Wildman–Crippen MR) is 131 cm³/mol. The molecule has 1 saturated heterocycles. The molecule has 3 aromatic carbocycles. The normalized spacial score (nSPS) is 23.2. The van der Waals surface area contributed by atoms with Crippen LogP contribution >= 0.6 is 30.9 Å². The Morgan fingerprint density at radius 3 is 1.86 bits per heavy atom. The average molecular weight is 497 g/mol. The number of esters is 1. The van der Waals surface area contributed by atoms with Gasteiger partial charge in [0, 0.05) is 10.6 Å². The van der Waals surface area contributed by atoms with Crippen LogP contribution in [-0.2, 0) is 23.6 Å². The van der Waals surface area contributed by atoms with E-state index >= 15 is 0 Å². The van der Waals surface area contributed by atoms with Crippen molar-refractivity contribution in [1.29, 1.82) is 0 Å². The van der Waals surface area contributed by atoms with Crippen molar-refractivity contribution in [3.8, 4) is 17.2 Å². The van der Waals surface area contributed by atoms with Gasteiger partial charge < -0.3 is 14.9 Å². The lowest BCUT2D eigenvalue weighted by Gasteiger charge is -2.40. The van der Waals surface area contributed by atoms with Crippen LogP contribution in [0, 0.1) is 0 Å². The summed E-state index contributed by atoms with van der Waals surface area (Å²) in [6.07, 6.45) is 0. The summed E-state index contributed by atoms with van der Waals surface area (Å²) in [6, 6.07) is 20.5. The van der Waals surface area contributed by atoms with Crippen molar-refractivity contribution in [2.75, 3.05) is 0 Å². The molecule has 1 fully saturated rings. The van der Waals surface area contributed by atoms with Gasteiger partial charge in [-0.2, -0.15) is 0 Å². The van der Waals surface area contributed by atoms with Crippen molar-refractivity contribution >= 4 is 71.1 Å². The van der Waals surface area contributed by atoms with Gasteiger partial charge in [-0.3, -0.25) is 0 Å². The van der Waals surface area contributed by atoms with Gasteiger partial charge in [0.2, 0.25) is 0 Å². The van der Waals surface area contributed by atoms with Gasteiger partial charge in [-0.25, -0.2) is 4.79 Å². The second-order valence-electron chi connectivity index (χ2n) is 6.08. The molecule has 1 heterocycles. The molecule has 10 heteroatoms. The molecule has 1 aliphatic heterocycles. The number of hydrogen-bond donors (Lipinski definition) is 2. The van der Waals surface area contributed by atoms with Crippen molar-refractivity contribution in [3.63, 3.8) is 0 Å². The van der Waals surface area contributed by atoms with Gasteiger partial charge in [-0.15, -0.1) is 0 Å². The molecule has 2 N–H and O–H groups in total. The number of ether oxygens (including phenoxy) is 1. The van der Waals surface area contributed by atoms with Crippen LogP contribution in [0.15, 0.2) is 72.8 Å². The van der Waals surface area contributed by atoms with Crippen molar-refractivity contribution in [2.24, 2.45) is 0 Å². The lowest BCUT2D eigenvalue weighted by Crippen LogP contribution is -2.11. The lowest BCUT2D eigenvalue weighted by molar-refractivity contribution is 0.0731. The average Bonchev–Trinajstić information content (AvgIpc) is 2.68. The number of aromatic hydroxyl groups is 2. The first-order chi connectivity index (χ1) is 13.8. The van der Waals surface area contributed by atoms with E-state index in [0.29, 0.717) is 5.75 Å². The summed E-state index contributed by atoms with van der Waals surface area (Å²) in [5, 5.41) is 21.3. The highest BCUT2D eigenvalue weighted by atomic mass is 33.7. The Balaban J connectivity index is 1.47. The molecular weight excluding hydrogens is 482 g/mol. The highest BCUT2D eigenvalue weighted by molar-refractivity contribution is 9.48. The Kier molecular flexibility index (Phi) is 5.86. The third-order valence-electron chi connectivity index (χ3n) is 4.08. The largest absolute Gasteiger partial charge is 0.508 e. The fourth-order valence-corrected chi connectivity index (χ4v) is 44.9. The third kappa shape index (κ3) is 4.29. The lowest BCUT2D eigenvalue weighted by atomic mass is 10.2. The zero-order valence-electron chi connectivity index (χ0n) is 14.7. The molecule has 0 aromatic heterocycles. The molecule has 0 aliphatic carbocycles. The van der Waals surface area contributed by atoms with Crippen LogP contribution in [0.25, 0.3) is 0 Å². The maximum absolute atomic E-state index is 12.2. The van der Waals surface area contributed by atoms with Gasteiger partial charge >= 0.3 is 5.97 Å². The smallest absolute Gasteiger partial charge is 0.347 e. The number of rotatable bonds is 4. The first-order valence-corrected chi connectivity index (χ1v) is 18.0. The van der Waals surface area contributed by atoms with E-state index in [4.69, 9.17) is 28.4 Å². The van der Waals surface area contributed by atoms with Crippen LogP contribution in [0.1, 0.15) is 10.4 Å². The van der Waals surface area contributed by atoms with E-state index in [2.05, 4.69) is 0 Å². The molecular formula is C19H14O4P2S4. The van der Waals surface area contributed by atoms with E-state index in [9.17, 15) is 15.0 Å². The number of carbonyl (C=O) groups is 1. The molecule has 0 bridgehead atoms. The second-order valence-corrected chi connectivity index (χ2v) is 27.4. The minimum Gasteiger partial charge on any atom is -0.508 e. The molecule has 148 valence electrons. The molecule has 1 aliphatic rings. The second kappa shape index (κ2) is 8.10. The molecule has 4 nitrogen and oxygen atoms in total. The summed E-state index contributed by atoms with van der Waals surface area (Å²) < 4.78 is 1.61. The third-order valence-corrected chi connectivity index (χ3v) is 35.3. The number of benzene rings is 3. The number of carbonyl (C=O) groups excluding carboxylic acids is 1. The van der Waals surface area contributed by atoms with Crippen molar-refractivity contribution < 1.29 is 19.7 Å². The van der Waals surface area contributed by atoms with Crippen molar-refractivity contribution in [1.82, 2.24) is 0 Å². The van der Waals surface area contributed by atoms with Gasteiger partial charge in [-0.05, 0) is 60.7 Å². The minimum atomic E-state index is -1.90. The van der Waals surface area contributed by atoms with Crippen LogP contribution in [0.2, 0.25) is 0 Å². The van der Waals surface area contributed by atoms with Crippen LogP contribution in [0.5, 0.6) is 17.2 Å². The predicted octanol–water partition coefficient (Wildman–Crippen LogP) is 5.37. The molecule has 29 heavy (non-hydrogen) atoms. The van der Waals surface area contributed by atoms with Gasteiger partial charge in [0.25, 0.3) is 0 Å². The molecule has 0 atom stereocenters. The number of para-hydroxylation sites is 1. The summed E-state index contributed by atoms with van der Waals surface area (Å²) in [4.78, 5) is 12.2. The van der Waals surface area contributed by atoms with E-state index in [1.807, 2.05) is 24.3 Å². The van der Waals surface area contributed by atoms with E-state index in [1.54, 1.807) is 58.4 Å². The zero-order valence-corrected chi connectivity index (χ0v) is 19.7. The van der Waals surface area contributed by atoms with E-state index < -0.39 is 14.9 Å². The fourth-order valence-electron chi connectivity index (χ4n) is 2.62. The molecule has 0 amide bonds. The number of phenolic OH excluding ortho intramolecular Hbond substituents is 2. The molecule has 0 spiro atoms. The Hall–Kier alpha value is -1.27. The molecule has 0 radical (unpaired) electrons. The maximum atomic E-state index is 12.2. The first kappa shape index (κ1) is 21.0. The van der Waals surface area contributed by atoms with Crippen LogP contribution in [0.3, 0.4) is 0 Å². The highest BCUT2D eigenvalue weighted by Gasteiger charge is 2.45. The summed E-state index contributed by atoms with van der Waals surface area (Å²) in [5.74, 6) is -0.128. The van der Waals surface area contributed by atoms with Gasteiger partial charge in [0.05, 0.1) is 8.88 Å². The Morgan fingerprint density at radius 1 is 0.793 bits per heavy atom. The van der Waals surface area contributed by atoms with Gasteiger partial charge in [0.15, 0.2) is 0 Å². The van der Waals surface area contributed by atoms with Gasteiger partial charge in [-0.1, -0.05) is 57.7 Å². The van der Waals surface area contributed by atoms with E-state index in [1.165, 1.54) is 12.1 Å². The summed E-state index contributed by atoms with van der Waals surface area (Å²) in [5.41, 5.74) is 0.114. The summed E-state index contributed by atoms with van der Waals surface area (Å²) in [6.45, 7) is 0. The fraction of sp³-hybridized carbons (Fsp3) is 0. The summed E-state index contributed by atoms with van der Waals surface area (Å²) >= 11 is 15.2. The zero-order chi connectivity index (χ0) is 20.6. The number of phenols is 2. The van der Waals surface area contributed by atoms with Gasteiger partial charge in [0.1, 0.15) is 22.8 Å². The topological polar surface area (TPSA) is 66.8 Å². The minimum absolute atomic E-state index is 0.114. The summed E-state index contributed by atoms with van der Waals surface area (Å²) in [7, 11) is 0.